The summed E-state index contributed by atoms with van der Waals surface area (Å²) in [7, 11) is 0. The SMILES string of the molecule is CCOc1ccccc1C(=O)NCCCC(=O)N1CCN(c2ccccc2)CC1. The van der Waals surface area contributed by atoms with Crippen LogP contribution in [0.15, 0.2) is 54.6 Å². The van der Waals surface area contributed by atoms with Crippen LogP contribution in [0.25, 0.3) is 0 Å². The molecule has 29 heavy (non-hydrogen) atoms. The Balaban J connectivity index is 1.38. The highest BCUT2D eigenvalue weighted by Crippen LogP contribution is 2.18. The summed E-state index contributed by atoms with van der Waals surface area (Å²) in [6.07, 6.45) is 1.07. The summed E-state index contributed by atoms with van der Waals surface area (Å²) >= 11 is 0. The van der Waals surface area contributed by atoms with Crippen LogP contribution in [0.2, 0.25) is 0 Å². The van der Waals surface area contributed by atoms with Crippen LogP contribution in [0.5, 0.6) is 5.75 Å². The number of benzene rings is 2. The number of hydrogen-bond acceptors (Lipinski definition) is 4. The molecule has 0 bridgehead atoms. The van der Waals surface area contributed by atoms with Gasteiger partial charge in [-0.2, -0.15) is 0 Å². The normalized spacial score (nSPS) is 13.8. The second kappa shape index (κ2) is 10.5. The van der Waals surface area contributed by atoms with Crippen molar-refractivity contribution in [3.05, 3.63) is 60.2 Å². The van der Waals surface area contributed by atoms with Crippen molar-refractivity contribution in [3.63, 3.8) is 0 Å². The van der Waals surface area contributed by atoms with Crippen molar-refractivity contribution in [2.24, 2.45) is 0 Å². The Morgan fingerprint density at radius 3 is 2.38 bits per heavy atom. The molecule has 6 nitrogen and oxygen atoms in total. The lowest BCUT2D eigenvalue weighted by atomic mass is 10.2. The van der Waals surface area contributed by atoms with E-state index in [1.54, 1.807) is 12.1 Å². The van der Waals surface area contributed by atoms with Crippen molar-refractivity contribution < 1.29 is 14.3 Å². The first-order valence-corrected chi connectivity index (χ1v) is 10.3. The molecule has 0 aromatic heterocycles. The van der Waals surface area contributed by atoms with Gasteiger partial charge in [0.05, 0.1) is 12.2 Å². The number of nitrogens with one attached hydrogen (secondary N) is 1. The maximum atomic E-state index is 12.5. The summed E-state index contributed by atoms with van der Waals surface area (Å²) in [4.78, 5) is 29.1. The lowest BCUT2D eigenvalue weighted by Crippen LogP contribution is -2.48. The molecule has 2 amide bonds. The van der Waals surface area contributed by atoms with Crippen molar-refractivity contribution >= 4 is 17.5 Å². The van der Waals surface area contributed by atoms with Gasteiger partial charge in [-0.15, -0.1) is 0 Å². The molecule has 1 heterocycles. The smallest absolute Gasteiger partial charge is 0.255 e. The molecule has 1 N–H and O–H groups in total. The van der Waals surface area contributed by atoms with E-state index in [4.69, 9.17) is 4.74 Å². The van der Waals surface area contributed by atoms with Crippen LogP contribution < -0.4 is 15.0 Å². The van der Waals surface area contributed by atoms with Crippen LogP contribution in [-0.2, 0) is 4.79 Å². The van der Waals surface area contributed by atoms with Gasteiger partial charge >= 0.3 is 0 Å². The average molecular weight is 396 g/mol. The molecule has 6 heteroatoms. The van der Waals surface area contributed by atoms with Gasteiger partial charge in [0.15, 0.2) is 0 Å². The molecule has 0 radical (unpaired) electrons. The Bertz CT molecular complexity index is 802. The summed E-state index contributed by atoms with van der Waals surface area (Å²) < 4.78 is 5.50. The van der Waals surface area contributed by atoms with Gasteiger partial charge in [-0.05, 0) is 37.6 Å². The highest BCUT2D eigenvalue weighted by molar-refractivity contribution is 5.96. The van der Waals surface area contributed by atoms with Crippen molar-refractivity contribution in [1.29, 1.82) is 0 Å². The van der Waals surface area contributed by atoms with Gasteiger partial charge in [-0.3, -0.25) is 9.59 Å². The summed E-state index contributed by atoms with van der Waals surface area (Å²) in [5.41, 5.74) is 1.73. The Kier molecular flexibility index (Phi) is 7.50. The van der Waals surface area contributed by atoms with Crippen LogP contribution in [0.1, 0.15) is 30.1 Å². The molecular formula is C23H29N3O3. The lowest BCUT2D eigenvalue weighted by molar-refractivity contribution is -0.131. The fourth-order valence-electron chi connectivity index (χ4n) is 3.48. The monoisotopic (exact) mass is 395 g/mol. The number of ether oxygens (including phenoxy) is 1. The van der Waals surface area contributed by atoms with E-state index < -0.39 is 0 Å². The highest BCUT2D eigenvalue weighted by Gasteiger charge is 2.21. The highest BCUT2D eigenvalue weighted by atomic mass is 16.5. The van der Waals surface area contributed by atoms with Crippen LogP contribution >= 0.6 is 0 Å². The molecular weight excluding hydrogens is 366 g/mol. The number of nitrogens with zero attached hydrogens (tertiary/aromatic N) is 2. The summed E-state index contributed by atoms with van der Waals surface area (Å²) in [5.74, 6) is 0.569. The van der Waals surface area contributed by atoms with Crippen LogP contribution in [0, 0.1) is 0 Å². The molecule has 154 valence electrons. The van der Waals surface area contributed by atoms with Gasteiger partial charge in [0, 0.05) is 44.8 Å². The maximum absolute atomic E-state index is 12.5. The van der Waals surface area contributed by atoms with E-state index in [1.165, 1.54) is 5.69 Å². The summed E-state index contributed by atoms with van der Waals surface area (Å²) in [6, 6.07) is 17.5. The molecule has 0 saturated carbocycles. The molecule has 2 aromatic carbocycles. The van der Waals surface area contributed by atoms with E-state index in [2.05, 4.69) is 22.3 Å². The number of rotatable bonds is 8. The molecule has 1 aliphatic rings. The van der Waals surface area contributed by atoms with Crippen molar-refractivity contribution in [1.82, 2.24) is 10.2 Å². The molecule has 0 aliphatic carbocycles. The number of hydrogen-bond donors (Lipinski definition) is 1. The van der Waals surface area contributed by atoms with Crippen molar-refractivity contribution in [2.75, 3.05) is 44.2 Å². The largest absolute Gasteiger partial charge is 0.493 e. The molecule has 1 saturated heterocycles. The van der Waals surface area contributed by atoms with Crippen LogP contribution in [0.4, 0.5) is 5.69 Å². The molecule has 3 rings (SSSR count). The molecule has 1 fully saturated rings. The zero-order valence-corrected chi connectivity index (χ0v) is 17.0. The number of piperazine rings is 1. The zero-order chi connectivity index (χ0) is 20.5. The predicted octanol–water partition coefficient (Wildman–Crippen LogP) is 2.94. The van der Waals surface area contributed by atoms with Crippen LogP contribution in [-0.4, -0.2) is 56.0 Å². The van der Waals surface area contributed by atoms with E-state index in [0.717, 1.165) is 26.2 Å². The second-order valence-electron chi connectivity index (χ2n) is 6.99. The zero-order valence-electron chi connectivity index (χ0n) is 17.0. The minimum Gasteiger partial charge on any atom is -0.493 e. The van der Waals surface area contributed by atoms with Gasteiger partial charge in [-0.25, -0.2) is 0 Å². The Morgan fingerprint density at radius 1 is 0.966 bits per heavy atom. The molecule has 0 atom stereocenters. The fourth-order valence-corrected chi connectivity index (χ4v) is 3.48. The second-order valence-corrected chi connectivity index (χ2v) is 6.99. The number of para-hydroxylation sites is 2. The topological polar surface area (TPSA) is 61.9 Å². The Labute approximate surface area is 172 Å². The van der Waals surface area contributed by atoms with Crippen LogP contribution in [0.3, 0.4) is 0 Å². The fraction of sp³-hybridized carbons (Fsp3) is 0.391. The maximum Gasteiger partial charge on any atom is 0.255 e. The van der Waals surface area contributed by atoms with Gasteiger partial charge in [0.2, 0.25) is 5.91 Å². The van der Waals surface area contributed by atoms with Crippen molar-refractivity contribution in [3.8, 4) is 5.75 Å². The number of carbonyl (C=O) groups is 2. The van der Waals surface area contributed by atoms with E-state index in [1.807, 2.05) is 42.2 Å². The summed E-state index contributed by atoms with van der Waals surface area (Å²) in [5, 5.41) is 2.89. The number of amides is 2. The minimum absolute atomic E-state index is 0.154. The average Bonchev–Trinajstić information content (AvgIpc) is 2.78. The first kappa shape index (κ1) is 20.7. The Hall–Kier alpha value is -3.02. The van der Waals surface area contributed by atoms with Crippen molar-refractivity contribution in [2.45, 2.75) is 19.8 Å². The minimum atomic E-state index is -0.169. The predicted molar refractivity (Wildman–Crippen MR) is 114 cm³/mol. The lowest BCUT2D eigenvalue weighted by Gasteiger charge is -2.36. The number of carbonyl (C=O) groups excluding carboxylic acids is 2. The molecule has 2 aromatic rings. The molecule has 0 unspecified atom stereocenters. The van der Waals surface area contributed by atoms with E-state index in [-0.39, 0.29) is 11.8 Å². The van der Waals surface area contributed by atoms with E-state index in [0.29, 0.717) is 37.3 Å². The van der Waals surface area contributed by atoms with Gasteiger partial charge < -0.3 is 19.9 Å². The standard InChI is InChI=1S/C23H29N3O3/c1-2-29-21-12-7-6-11-20(21)23(28)24-14-8-13-22(27)26-17-15-25(16-18-26)19-9-4-3-5-10-19/h3-7,9-12H,2,8,13-18H2,1H3,(H,24,28). The quantitative estimate of drug-likeness (QED) is 0.698. The molecule has 0 spiro atoms. The Morgan fingerprint density at radius 2 is 1.66 bits per heavy atom. The van der Waals surface area contributed by atoms with E-state index in [9.17, 15) is 9.59 Å². The first-order valence-electron chi connectivity index (χ1n) is 10.3. The first-order chi connectivity index (χ1) is 14.2. The summed E-state index contributed by atoms with van der Waals surface area (Å²) in [6.45, 7) is 6.04. The third-order valence-electron chi connectivity index (χ3n) is 5.04. The van der Waals surface area contributed by atoms with Gasteiger partial charge in [0.25, 0.3) is 5.91 Å². The molecule has 1 aliphatic heterocycles. The third kappa shape index (κ3) is 5.73. The van der Waals surface area contributed by atoms with Gasteiger partial charge in [0.1, 0.15) is 5.75 Å². The number of anilines is 1. The van der Waals surface area contributed by atoms with E-state index >= 15 is 0 Å². The van der Waals surface area contributed by atoms with Gasteiger partial charge in [-0.1, -0.05) is 30.3 Å². The third-order valence-corrected chi connectivity index (χ3v) is 5.04.